The molecule has 10 heavy (non-hydrogen) atoms. The maximum absolute atomic E-state index is 8.81. The van der Waals surface area contributed by atoms with Gasteiger partial charge >= 0.3 is 0 Å². The zero-order valence-corrected chi connectivity index (χ0v) is 9.74. The first-order valence-electron chi connectivity index (χ1n) is 3.04. The highest BCUT2D eigenvalue weighted by atomic mass is 79.9. The third-order valence-electron chi connectivity index (χ3n) is 0.500. The van der Waals surface area contributed by atoms with E-state index in [0.29, 0.717) is 0 Å². The monoisotopic (exact) mass is 276 g/mol. The van der Waals surface area contributed by atoms with Gasteiger partial charge in [-0.3, -0.25) is 0 Å². The maximum atomic E-state index is 8.81. The quantitative estimate of drug-likeness (QED) is 0.684. The molecule has 0 saturated carbocycles. The van der Waals surface area contributed by atoms with Gasteiger partial charge in [-0.05, 0) is 6.92 Å². The van der Waals surface area contributed by atoms with Gasteiger partial charge < -0.3 is 4.79 Å². The molecule has 0 amide bonds. The molecule has 0 spiro atoms. The molecule has 0 radical (unpaired) electrons. The minimum atomic E-state index is 0.750. The third-order valence-corrected chi connectivity index (χ3v) is 0.500. The summed E-state index contributed by atoms with van der Waals surface area (Å²) in [5, 5.41) is 0. The van der Waals surface area contributed by atoms with Crippen LogP contribution in [0.15, 0.2) is 0 Å². The summed E-state index contributed by atoms with van der Waals surface area (Å²) in [6.07, 6.45) is 3.39. The predicted octanol–water partition coefficient (Wildman–Crippen LogP) is 3.63. The van der Waals surface area contributed by atoms with E-state index >= 15 is 0 Å². The third kappa shape index (κ3) is 196. The van der Waals surface area contributed by atoms with Gasteiger partial charge in [0, 0.05) is 0 Å². The lowest BCUT2D eigenvalue weighted by atomic mass is 10.4. The van der Waals surface area contributed by atoms with Gasteiger partial charge in [0.1, 0.15) is 38.8 Å². The Balaban J connectivity index is -0.0000000750. The van der Waals surface area contributed by atoms with Crippen LogP contribution in [0.1, 0.15) is 33.6 Å². The lowest BCUT2D eigenvalue weighted by Gasteiger charge is -1.68. The zero-order chi connectivity index (χ0) is 8.83. The zero-order valence-electron chi connectivity index (χ0n) is 6.56. The van der Waals surface area contributed by atoms with E-state index in [9.17, 15) is 0 Å². The number of rotatable bonds is 1. The Morgan fingerprint density at radius 2 is 1.40 bits per heavy atom. The number of unbranched alkanes of at least 4 members (excludes halogenated alkanes) is 1. The SMILES string of the molecule is BrOBr.CC=O.CCCC. The first-order valence-corrected chi connectivity index (χ1v) is 4.33. The molecule has 0 unspecified atom stereocenters. The second kappa shape index (κ2) is 33.6. The number of hydrogen-bond acceptors (Lipinski definition) is 2. The molecule has 0 fully saturated rings. The summed E-state index contributed by atoms with van der Waals surface area (Å²) in [4.78, 5) is 8.81. The van der Waals surface area contributed by atoms with Crippen molar-refractivity contribution >= 4 is 38.8 Å². The van der Waals surface area contributed by atoms with Gasteiger partial charge in [0.25, 0.3) is 0 Å². The number of carbonyl (C=O) groups excluding carboxylic acids is 1. The van der Waals surface area contributed by atoms with E-state index in [1.807, 2.05) is 0 Å². The Bertz CT molecular complexity index is 40.7. The lowest BCUT2D eigenvalue weighted by molar-refractivity contribution is -0.106. The molecule has 0 bridgehead atoms. The maximum Gasteiger partial charge on any atom is 0.116 e. The summed E-state index contributed by atoms with van der Waals surface area (Å²) in [5.74, 6) is 0. The van der Waals surface area contributed by atoms with E-state index in [2.05, 4.69) is 49.3 Å². The second-order valence-electron chi connectivity index (χ2n) is 1.29. The number of carbonyl (C=O) groups is 1. The molecule has 0 aromatic heterocycles. The fourth-order valence-corrected chi connectivity index (χ4v) is 0. The van der Waals surface area contributed by atoms with Crippen molar-refractivity contribution in [3.8, 4) is 0 Å². The van der Waals surface area contributed by atoms with E-state index in [1.165, 1.54) is 19.8 Å². The van der Waals surface area contributed by atoms with Crippen LogP contribution in [-0.2, 0) is 7.71 Å². The highest BCUT2D eigenvalue weighted by molar-refractivity contribution is 9.18. The van der Waals surface area contributed by atoms with Crippen LogP contribution in [0.3, 0.4) is 0 Å². The lowest BCUT2D eigenvalue weighted by Crippen LogP contribution is -1.47. The van der Waals surface area contributed by atoms with Gasteiger partial charge in [0.2, 0.25) is 0 Å². The van der Waals surface area contributed by atoms with Crippen LogP contribution < -0.4 is 0 Å². The molecule has 2 nitrogen and oxygen atoms in total. The molecule has 0 heterocycles. The predicted molar refractivity (Wildman–Crippen MR) is 51.3 cm³/mol. The fourth-order valence-electron chi connectivity index (χ4n) is 0. The van der Waals surface area contributed by atoms with Crippen LogP contribution in [0.2, 0.25) is 0 Å². The van der Waals surface area contributed by atoms with Gasteiger partial charge in [0.15, 0.2) is 0 Å². The molecule has 0 aliphatic heterocycles. The Morgan fingerprint density at radius 1 is 1.30 bits per heavy atom. The minimum absolute atomic E-state index is 0.750. The van der Waals surface area contributed by atoms with Crippen LogP contribution in [0, 0.1) is 0 Å². The smallest absolute Gasteiger partial charge is 0.116 e. The molecule has 0 rings (SSSR count). The van der Waals surface area contributed by atoms with Crippen molar-refractivity contribution in [2.75, 3.05) is 0 Å². The van der Waals surface area contributed by atoms with Crippen molar-refractivity contribution in [1.29, 1.82) is 0 Å². The average Bonchev–Trinajstić information content (AvgIpc) is 1.91. The molecule has 0 aliphatic carbocycles. The molecule has 4 heteroatoms. The Kier molecular flexibility index (Phi) is 56.8. The Hall–Kier alpha value is 0.590. The van der Waals surface area contributed by atoms with Crippen molar-refractivity contribution < 1.29 is 7.71 Å². The molecule has 0 atom stereocenters. The highest BCUT2D eigenvalue weighted by Crippen LogP contribution is 1.88. The van der Waals surface area contributed by atoms with Crippen molar-refractivity contribution in [2.45, 2.75) is 33.6 Å². The summed E-state index contributed by atoms with van der Waals surface area (Å²) in [7, 11) is 0. The van der Waals surface area contributed by atoms with Crippen molar-refractivity contribution in [2.24, 2.45) is 0 Å². The topological polar surface area (TPSA) is 26.3 Å². The molecule has 0 aliphatic rings. The number of hydrogen-bond donors (Lipinski definition) is 0. The van der Waals surface area contributed by atoms with Crippen LogP contribution in [0.25, 0.3) is 0 Å². The number of halogens is 2. The van der Waals surface area contributed by atoms with Gasteiger partial charge in [-0.2, -0.15) is 0 Å². The average molecular weight is 278 g/mol. The van der Waals surface area contributed by atoms with Crippen molar-refractivity contribution in [3.05, 3.63) is 0 Å². The largest absolute Gasteiger partial charge is 0.304 e. The Labute approximate surface area is 80.2 Å². The molecular formula is C6H14Br2O2. The van der Waals surface area contributed by atoms with Crippen molar-refractivity contribution in [1.82, 2.24) is 0 Å². The minimum Gasteiger partial charge on any atom is -0.304 e. The molecular weight excluding hydrogens is 264 g/mol. The van der Waals surface area contributed by atoms with Gasteiger partial charge in [-0.25, -0.2) is 2.92 Å². The normalized spacial score (nSPS) is 6.10. The van der Waals surface area contributed by atoms with E-state index < -0.39 is 0 Å². The van der Waals surface area contributed by atoms with Crippen LogP contribution in [0.4, 0.5) is 0 Å². The van der Waals surface area contributed by atoms with E-state index in [-0.39, 0.29) is 0 Å². The van der Waals surface area contributed by atoms with Crippen LogP contribution >= 0.6 is 32.5 Å². The summed E-state index contributed by atoms with van der Waals surface area (Å²) < 4.78 is 3.88. The summed E-state index contributed by atoms with van der Waals surface area (Å²) in [6.45, 7) is 5.81. The van der Waals surface area contributed by atoms with E-state index in [1.54, 1.807) is 0 Å². The first kappa shape index (κ1) is 16.9. The summed E-state index contributed by atoms with van der Waals surface area (Å²) in [5.41, 5.74) is 0. The van der Waals surface area contributed by atoms with Gasteiger partial charge in [0.05, 0.1) is 0 Å². The van der Waals surface area contributed by atoms with E-state index in [0.717, 1.165) is 6.29 Å². The standard InChI is InChI=1S/C4H10.C2H4O.Br2O/c1-3-4-2;1-2-3;1-3-2/h3-4H2,1-2H3;2H,1H3;. The fraction of sp³-hybridized carbons (Fsp3) is 0.833. The van der Waals surface area contributed by atoms with Gasteiger partial charge in [-0.1, -0.05) is 26.7 Å². The van der Waals surface area contributed by atoms with Gasteiger partial charge in [-0.15, -0.1) is 0 Å². The summed E-state index contributed by atoms with van der Waals surface area (Å²) >= 11 is 5.12. The second-order valence-corrected chi connectivity index (χ2v) is 2.81. The number of aldehydes is 1. The molecule has 0 aromatic carbocycles. The Morgan fingerprint density at radius 3 is 1.40 bits per heavy atom. The summed E-state index contributed by atoms with van der Waals surface area (Å²) in [6, 6.07) is 0. The van der Waals surface area contributed by atoms with Crippen LogP contribution in [-0.4, -0.2) is 6.29 Å². The van der Waals surface area contributed by atoms with E-state index in [4.69, 9.17) is 4.79 Å². The molecule has 0 saturated heterocycles. The molecule has 64 valence electrons. The molecule has 0 N–H and O–H groups in total. The highest BCUT2D eigenvalue weighted by Gasteiger charge is 1.56. The molecule has 0 aromatic rings. The van der Waals surface area contributed by atoms with Crippen molar-refractivity contribution in [3.63, 3.8) is 0 Å². The first-order chi connectivity index (χ1) is 4.74. The van der Waals surface area contributed by atoms with Crippen LogP contribution in [0.5, 0.6) is 0 Å².